The summed E-state index contributed by atoms with van der Waals surface area (Å²) < 4.78 is 0. The molecule has 1 aromatic carbocycles. The number of hydrogen-bond donors (Lipinski definition) is 1. The molecule has 3 nitrogen and oxygen atoms in total. The number of aliphatic hydroxyl groups is 1. The second-order valence-electron chi connectivity index (χ2n) is 14.6. The van der Waals surface area contributed by atoms with Crippen LogP contribution in [0.2, 0.25) is 0 Å². The minimum absolute atomic E-state index is 0.00343. The molecule has 0 amide bonds. The average molecular weight is 616 g/mol. The Morgan fingerprint density at radius 3 is 2.28 bits per heavy atom. The van der Waals surface area contributed by atoms with E-state index in [1.165, 1.54) is 29.5 Å². The van der Waals surface area contributed by atoms with Gasteiger partial charge in [0, 0.05) is 22.5 Å². The molecule has 5 atom stereocenters. The molecule has 3 heteroatoms. The minimum Gasteiger partial charge on any atom is -0.507 e. The second-order valence-corrected chi connectivity index (χ2v) is 14.6. The Balaban J connectivity index is 1.73. The molecule has 5 rings (SSSR count). The molecule has 0 heterocycles. The van der Waals surface area contributed by atoms with Crippen LogP contribution in [-0.4, -0.2) is 5.11 Å². The number of benzene rings is 1. The third-order valence-corrected chi connectivity index (χ3v) is 11.5. The Labute approximate surface area is 277 Å². The Morgan fingerprint density at radius 1 is 0.978 bits per heavy atom. The maximum absolute atomic E-state index is 13.2. The fourth-order valence-corrected chi connectivity index (χ4v) is 9.04. The summed E-state index contributed by atoms with van der Waals surface area (Å²) in [5.74, 6) is 1.15. The first-order valence-corrected chi connectivity index (χ1v) is 17.4. The van der Waals surface area contributed by atoms with Crippen molar-refractivity contribution < 1.29 is 5.11 Å². The van der Waals surface area contributed by atoms with Crippen LogP contribution in [0.5, 0.6) is 0 Å². The van der Waals surface area contributed by atoms with Crippen LogP contribution in [0.15, 0.2) is 135 Å². The van der Waals surface area contributed by atoms with Crippen molar-refractivity contribution >= 4 is 0 Å². The summed E-state index contributed by atoms with van der Waals surface area (Å²) in [5, 5.41) is 15.9. The van der Waals surface area contributed by atoms with Gasteiger partial charge >= 0.3 is 0 Å². The molecule has 0 bridgehead atoms. The monoisotopic (exact) mass is 615 g/mol. The van der Waals surface area contributed by atoms with Crippen molar-refractivity contribution in [2.45, 2.75) is 87.5 Å². The summed E-state index contributed by atoms with van der Waals surface area (Å²) >= 11 is 0. The smallest absolute Gasteiger partial charge is 0.123 e. The summed E-state index contributed by atoms with van der Waals surface area (Å²) in [6, 6.07) is 9.24. The van der Waals surface area contributed by atoms with Crippen molar-refractivity contribution in [2.75, 3.05) is 0 Å². The molecule has 242 valence electrons. The Morgan fingerprint density at radius 2 is 1.67 bits per heavy atom. The fourth-order valence-electron chi connectivity index (χ4n) is 9.04. The van der Waals surface area contributed by atoms with E-state index in [1.54, 1.807) is 0 Å². The highest BCUT2D eigenvalue weighted by atomic mass is 16.3. The van der Waals surface area contributed by atoms with Gasteiger partial charge in [-0.25, -0.2) is 0 Å². The highest BCUT2D eigenvalue weighted by Crippen LogP contribution is 2.71. The van der Waals surface area contributed by atoms with E-state index in [0.717, 1.165) is 34.3 Å². The molecule has 4 aliphatic carbocycles. The molecule has 0 radical (unpaired) electrons. The molecule has 0 aliphatic heterocycles. The topological polar surface area (TPSA) is 49.7 Å². The molecular weight excluding hydrogens is 562 g/mol. The summed E-state index contributed by atoms with van der Waals surface area (Å²) in [4.78, 5) is 13.2. The third kappa shape index (κ3) is 5.20. The number of nitroso groups, excluding NO2 is 1. The van der Waals surface area contributed by atoms with E-state index in [1.807, 2.05) is 12.2 Å². The predicted octanol–water partition coefficient (Wildman–Crippen LogP) is 12.0. The van der Waals surface area contributed by atoms with Gasteiger partial charge in [-0.15, -0.1) is 4.91 Å². The molecule has 5 unspecified atom stereocenters. The number of allylic oxidation sites excluding steroid dienone is 16. The zero-order valence-electron chi connectivity index (χ0n) is 29.4. The predicted molar refractivity (Wildman–Crippen MR) is 194 cm³/mol. The maximum atomic E-state index is 13.2. The van der Waals surface area contributed by atoms with Crippen molar-refractivity contribution in [1.82, 2.24) is 0 Å². The van der Waals surface area contributed by atoms with Gasteiger partial charge < -0.3 is 5.11 Å². The SMILES string of the molecule is C/C=C1/C=CC(O)=C(C2=C(N=O)C3(C(C)C)C=CC4=CC=CC=C2C43C)/C(=C/C(C)C(c2ccc(CCCC)cc2)C(C)C)C1C. The van der Waals surface area contributed by atoms with Crippen LogP contribution in [0.4, 0.5) is 0 Å². The van der Waals surface area contributed by atoms with Gasteiger partial charge in [-0.3, -0.25) is 0 Å². The van der Waals surface area contributed by atoms with E-state index >= 15 is 0 Å². The van der Waals surface area contributed by atoms with Crippen LogP contribution in [-0.2, 0) is 6.42 Å². The molecule has 1 N–H and O–H groups in total. The van der Waals surface area contributed by atoms with Crippen LogP contribution < -0.4 is 0 Å². The van der Waals surface area contributed by atoms with Gasteiger partial charge in [-0.2, -0.15) is 0 Å². The van der Waals surface area contributed by atoms with Crippen LogP contribution in [0.3, 0.4) is 0 Å². The number of aliphatic hydroxyl groups excluding tert-OH is 1. The second kappa shape index (κ2) is 13.2. The first-order chi connectivity index (χ1) is 22.0. The fraction of sp³-hybridized carbons (Fsp3) is 0.442. The lowest BCUT2D eigenvalue weighted by atomic mass is 9.59. The first kappa shape index (κ1) is 33.6. The van der Waals surface area contributed by atoms with Gasteiger partial charge in [-0.1, -0.05) is 141 Å². The lowest BCUT2D eigenvalue weighted by Crippen LogP contribution is -2.39. The largest absolute Gasteiger partial charge is 0.507 e. The van der Waals surface area contributed by atoms with E-state index in [2.05, 4.69) is 140 Å². The summed E-state index contributed by atoms with van der Waals surface area (Å²) in [6.07, 6.45) is 24.7. The van der Waals surface area contributed by atoms with Gasteiger partial charge in [0.2, 0.25) is 0 Å². The molecule has 0 aromatic heterocycles. The Kier molecular flexibility index (Phi) is 9.64. The highest BCUT2D eigenvalue weighted by Gasteiger charge is 2.64. The zero-order chi connectivity index (χ0) is 33.4. The van der Waals surface area contributed by atoms with E-state index in [-0.39, 0.29) is 29.4 Å². The third-order valence-electron chi connectivity index (χ3n) is 11.5. The van der Waals surface area contributed by atoms with Crippen LogP contribution >= 0.6 is 0 Å². The normalized spacial score (nSPS) is 28.6. The molecule has 0 spiro atoms. The summed E-state index contributed by atoms with van der Waals surface area (Å²) in [6.45, 7) is 20.1. The number of rotatable bonds is 10. The quantitative estimate of drug-likeness (QED) is 0.266. The van der Waals surface area contributed by atoms with Gasteiger partial charge in [0.15, 0.2) is 0 Å². The standard InChI is InChI=1S/C43H53NO2/c1-10-12-15-31-18-20-33(21-19-31)38(27(3)4)29(7)26-35-30(8)32(11-2)22-23-37(45)39(35)40-36-17-14-13-16-34-24-25-43(28(5)6,41(40)44-46)42(34,36)9/h11,13-14,16-30,38,45H,10,12,15H2,1-9H3/b32-11-,35-26+. The molecule has 0 saturated heterocycles. The molecule has 1 aromatic rings. The number of unbranched alkanes of at least 4 members (excludes halogenated alkanes) is 1. The number of aryl methyl sites for hydroxylation is 1. The van der Waals surface area contributed by atoms with E-state index < -0.39 is 10.8 Å². The van der Waals surface area contributed by atoms with Gasteiger partial charge in [0.1, 0.15) is 11.5 Å². The van der Waals surface area contributed by atoms with Crippen molar-refractivity contribution in [1.29, 1.82) is 0 Å². The summed E-state index contributed by atoms with van der Waals surface area (Å²) in [5.41, 5.74) is 8.12. The molecular formula is C43H53NO2. The molecule has 0 saturated carbocycles. The minimum atomic E-state index is -0.611. The van der Waals surface area contributed by atoms with Crippen LogP contribution in [0.25, 0.3) is 0 Å². The van der Waals surface area contributed by atoms with Crippen molar-refractivity contribution in [2.24, 2.45) is 39.7 Å². The van der Waals surface area contributed by atoms with Gasteiger partial charge in [-0.05, 0) is 88.1 Å². The zero-order valence-corrected chi connectivity index (χ0v) is 29.4. The van der Waals surface area contributed by atoms with E-state index in [9.17, 15) is 10.0 Å². The van der Waals surface area contributed by atoms with Crippen LogP contribution in [0.1, 0.15) is 92.2 Å². The Bertz CT molecular complexity index is 1650. The Hall–Kier alpha value is -3.72. The molecule has 46 heavy (non-hydrogen) atoms. The number of hydrogen-bond acceptors (Lipinski definition) is 3. The highest BCUT2D eigenvalue weighted by molar-refractivity contribution is 5.75. The first-order valence-electron chi connectivity index (χ1n) is 17.4. The maximum Gasteiger partial charge on any atom is 0.123 e. The van der Waals surface area contributed by atoms with Gasteiger partial charge in [0.05, 0.1) is 5.41 Å². The van der Waals surface area contributed by atoms with Gasteiger partial charge in [0.25, 0.3) is 0 Å². The summed E-state index contributed by atoms with van der Waals surface area (Å²) in [7, 11) is 0. The number of nitrogens with zero attached hydrogens (tertiary/aromatic N) is 1. The van der Waals surface area contributed by atoms with Crippen molar-refractivity contribution in [3.05, 3.63) is 146 Å². The van der Waals surface area contributed by atoms with E-state index in [0.29, 0.717) is 11.6 Å². The molecule has 4 aliphatic rings. The van der Waals surface area contributed by atoms with E-state index in [4.69, 9.17) is 0 Å². The molecule has 0 fully saturated rings. The lowest BCUT2D eigenvalue weighted by molar-refractivity contribution is 0.196. The van der Waals surface area contributed by atoms with Crippen molar-refractivity contribution in [3.63, 3.8) is 0 Å². The lowest BCUT2D eigenvalue weighted by Gasteiger charge is -2.42. The van der Waals surface area contributed by atoms with Crippen molar-refractivity contribution in [3.8, 4) is 0 Å². The van der Waals surface area contributed by atoms with Crippen LogP contribution in [0, 0.1) is 39.4 Å². The average Bonchev–Trinajstić information content (AvgIpc) is 3.28.